The molecule has 1 aliphatic heterocycles. The van der Waals surface area contributed by atoms with Gasteiger partial charge in [-0.3, -0.25) is 4.79 Å². The molecule has 1 aliphatic rings. The number of benzene rings is 1. The number of amides is 1. The molecule has 1 unspecified atom stereocenters. The molecule has 1 aromatic carbocycles. The number of carbonyl (C=O) groups excluding carboxylic acids is 1. The third-order valence-corrected chi connectivity index (χ3v) is 3.73. The molecule has 1 saturated heterocycles. The molecule has 1 heterocycles. The highest BCUT2D eigenvalue weighted by molar-refractivity contribution is 5.94. The second-order valence-corrected chi connectivity index (χ2v) is 5.06. The maximum absolute atomic E-state index is 13.7. The zero-order valence-corrected chi connectivity index (χ0v) is 12.0. The highest BCUT2D eigenvalue weighted by Gasteiger charge is 2.27. The summed E-state index contributed by atoms with van der Waals surface area (Å²) in [6.45, 7) is 1.50. The van der Waals surface area contributed by atoms with Crippen LogP contribution >= 0.6 is 0 Å². The average Bonchev–Trinajstić information content (AvgIpc) is 2.47. The van der Waals surface area contributed by atoms with E-state index in [1.165, 1.54) is 19.2 Å². The van der Waals surface area contributed by atoms with Crippen LogP contribution in [0.15, 0.2) is 18.2 Å². The highest BCUT2D eigenvalue weighted by Crippen LogP contribution is 2.22. The van der Waals surface area contributed by atoms with Crippen molar-refractivity contribution < 1.29 is 13.9 Å². The minimum Gasteiger partial charge on any atom is -0.494 e. The Labute approximate surface area is 118 Å². The minimum absolute atomic E-state index is 0.105. The van der Waals surface area contributed by atoms with E-state index in [1.807, 2.05) is 11.9 Å². The fourth-order valence-corrected chi connectivity index (χ4v) is 2.68. The van der Waals surface area contributed by atoms with Crippen LogP contribution in [0.25, 0.3) is 0 Å². The molecule has 2 rings (SSSR count). The van der Waals surface area contributed by atoms with Gasteiger partial charge in [-0.05, 0) is 44.5 Å². The SMILES string of the molecule is CNCC1CCCCN1C(=O)c1ccc(OC)c(F)c1. The first-order valence-corrected chi connectivity index (χ1v) is 6.96. The van der Waals surface area contributed by atoms with Crippen molar-refractivity contribution in [1.29, 1.82) is 0 Å². The van der Waals surface area contributed by atoms with E-state index in [-0.39, 0.29) is 17.7 Å². The number of carbonyl (C=O) groups is 1. The van der Waals surface area contributed by atoms with E-state index in [9.17, 15) is 9.18 Å². The lowest BCUT2D eigenvalue weighted by atomic mass is 10.0. The van der Waals surface area contributed by atoms with Crippen molar-refractivity contribution in [1.82, 2.24) is 10.2 Å². The van der Waals surface area contributed by atoms with Gasteiger partial charge in [-0.1, -0.05) is 0 Å². The van der Waals surface area contributed by atoms with Crippen LogP contribution in [0.5, 0.6) is 5.75 Å². The van der Waals surface area contributed by atoms with E-state index >= 15 is 0 Å². The second-order valence-electron chi connectivity index (χ2n) is 5.06. The zero-order chi connectivity index (χ0) is 14.5. The molecule has 0 aromatic heterocycles. The van der Waals surface area contributed by atoms with Gasteiger partial charge in [0.05, 0.1) is 7.11 Å². The fourth-order valence-electron chi connectivity index (χ4n) is 2.68. The number of nitrogens with zero attached hydrogens (tertiary/aromatic N) is 1. The van der Waals surface area contributed by atoms with E-state index < -0.39 is 5.82 Å². The summed E-state index contributed by atoms with van der Waals surface area (Å²) in [5.74, 6) is -0.445. The average molecular weight is 280 g/mol. The van der Waals surface area contributed by atoms with Gasteiger partial charge in [0.15, 0.2) is 11.6 Å². The maximum Gasteiger partial charge on any atom is 0.254 e. The normalized spacial score (nSPS) is 18.9. The molecule has 110 valence electrons. The molecular formula is C15H21FN2O2. The molecule has 0 spiro atoms. The molecule has 1 atom stereocenters. The van der Waals surface area contributed by atoms with Gasteiger partial charge in [0.1, 0.15) is 0 Å². The van der Waals surface area contributed by atoms with Crippen molar-refractivity contribution in [3.8, 4) is 5.75 Å². The van der Waals surface area contributed by atoms with Crippen LogP contribution in [0.2, 0.25) is 0 Å². The van der Waals surface area contributed by atoms with Crippen molar-refractivity contribution in [3.05, 3.63) is 29.6 Å². The predicted molar refractivity (Wildman–Crippen MR) is 75.6 cm³/mol. The van der Waals surface area contributed by atoms with Crippen molar-refractivity contribution in [2.45, 2.75) is 25.3 Å². The van der Waals surface area contributed by atoms with E-state index in [1.54, 1.807) is 6.07 Å². The Morgan fingerprint density at radius 2 is 2.30 bits per heavy atom. The third kappa shape index (κ3) is 3.10. The predicted octanol–water partition coefficient (Wildman–Crippen LogP) is 2.05. The number of hydrogen-bond donors (Lipinski definition) is 1. The summed E-state index contributed by atoms with van der Waals surface area (Å²) < 4.78 is 18.6. The summed E-state index contributed by atoms with van der Waals surface area (Å²) >= 11 is 0. The fraction of sp³-hybridized carbons (Fsp3) is 0.533. The topological polar surface area (TPSA) is 41.6 Å². The first-order valence-electron chi connectivity index (χ1n) is 6.96. The van der Waals surface area contributed by atoms with Gasteiger partial charge < -0.3 is 15.0 Å². The molecule has 1 amide bonds. The van der Waals surface area contributed by atoms with Gasteiger partial charge in [0, 0.05) is 24.7 Å². The molecule has 4 nitrogen and oxygen atoms in total. The number of nitrogens with one attached hydrogen (secondary N) is 1. The number of rotatable bonds is 4. The van der Waals surface area contributed by atoms with Crippen molar-refractivity contribution in [2.24, 2.45) is 0 Å². The Morgan fingerprint density at radius 1 is 1.50 bits per heavy atom. The lowest BCUT2D eigenvalue weighted by molar-refractivity contribution is 0.0614. The molecule has 5 heteroatoms. The number of ether oxygens (including phenoxy) is 1. The van der Waals surface area contributed by atoms with E-state index in [4.69, 9.17) is 4.74 Å². The van der Waals surface area contributed by atoms with Gasteiger partial charge in [-0.15, -0.1) is 0 Å². The lowest BCUT2D eigenvalue weighted by Crippen LogP contribution is -2.48. The summed E-state index contributed by atoms with van der Waals surface area (Å²) in [6, 6.07) is 4.56. The summed E-state index contributed by atoms with van der Waals surface area (Å²) in [5.41, 5.74) is 0.381. The van der Waals surface area contributed by atoms with Crippen LogP contribution in [0.4, 0.5) is 4.39 Å². The highest BCUT2D eigenvalue weighted by atomic mass is 19.1. The molecular weight excluding hydrogens is 259 g/mol. The molecule has 0 bridgehead atoms. The van der Waals surface area contributed by atoms with Gasteiger partial charge in [-0.25, -0.2) is 4.39 Å². The Morgan fingerprint density at radius 3 is 2.95 bits per heavy atom. The number of likely N-dealkylation sites (tertiary alicyclic amines) is 1. The van der Waals surface area contributed by atoms with E-state index in [0.29, 0.717) is 5.56 Å². The van der Waals surface area contributed by atoms with Gasteiger partial charge in [0.25, 0.3) is 5.91 Å². The molecule has 20 heavy (non-hydrogen) atoms. The summed E-state index contributed by atoms with van der Waals surface area (Å²) in [7, 11) is 3.29. The standard InChI is InChI=1S/C15H21FN2O2/c1-17-10-12-5-3-4-8-18(12)15(19)11-6-7-14(20-2)13(16)9-11/h6-7,9,12,17H,3-5,8,10H2,1-2H3. The Balaban J connectivity index is 2.18. The molecule has 0 saturated carbocycles. The molecule has 1 N–H and O–H groups in total. The summed E-state index contributed by atoms with van der Waals surface area (Å²) in [4.78, 5) is 14.4. The van der Waals surface area contributed by atoms with E-state index in [2.05, 4.69) is 5.32 Å². The van der Waals surface area contributed by atoms with Crippen LogP contribution in [0.1, 0.15) is 29.6 Å². The lowest BCUT2D eigenvalue weighted by Gasteiger charge is -2.35. The van der Waals surface area contributed by atoms with Crippen LogP contribution in [-0.4, -0.2) is 44.1 Å². The van der Waals surface area contributed by atoms with Crippen LogP contribution < -0.4 is 10.1 Å². The second kappa shape index (κ2) is 6.70. The zero-order valence-electron chi connectivity index (χ0n) is 12.0. The number of likely N-dealkylation sites (N-methyl/N-ethyl adjacent to an activating group) is 1. The first kappa shape index (κ1) is 14.8. The van der Waals surface area contributed by atoms with Crippen LogP contribution in [0.3, 0.4) is 0 Å². The Hall–Kier alpha value is -1.62. The van der Waals surface area contributed by atoms with Crippen LogP contribution in [0, 0.1) is 5.82 Å². The Bertz CT molecular complexity index is 477. The first-order chi connectivity index (χ1) is 9.67. The third-order valence-electron chi connectivity index (χ3n) is 3.73. The largest absolute Gasteiger partial charge is 0.494 e. The molecule has 0 aliphatic carbocycles. The van der Waals surface area contributed by atoms with Gasteiger partial charge in [-0.2, -0.15) is 0 Å². The maximum atomic E-state index is 13.7. The van der Waals surface area contributed by atoms with Crippen molar-refractivity contribution in [2.75, 3.05) is 27.2 Å². The molecule has 1 aromatic rings. The number of halogens is 1. The van der Waals surface area contributed by atoms with Gasteiger partial charge >= 0.3 is 0 Å². The van der Waals surface area contributed by atoms with Crippen molar-refractivity contribution >= 4 is 5.91 Å². The summed E-state index contributed by atoms with van der Waals surface area (Å²) in [5, 5.41) is 3.12. The summed E-state index contributed by atoms with van der Waals surface area (Å²) in [6.07, 6.45) is 3.13. The van der Waals surface area contributed by atoms with E-state index in [0.717, 1.165) is 32.4 Å². The monoisotopic (exact) mass is 280 g/mol. The smallest absolute Gasteiger partial charge is 0.254 e. The molecule has 1 fully saturated rings. The Kier molecular flexibility index (Phi) is 4.95. The quantitative estimate of drug-likeness (QED) is 0.918. The van der Waals surface area contributed by atoms with Crippen LogP contribution in [-0.2, 0) is 0 Å². The number of methoxy groups -OCH3 is 1. The van der Waals surface area contributed by atoms with Gasteiger partial charge in [0.2, 0.25) is 0 Å². The minimum atomic E-state index is -0.500. The van der Waals surface area contributed by atoms with Crippen molar-refractivity contribution in [3.63, 3.8) is 0 Å². The number of hydrogen-bond acceptors (Lipinski definition) is 3. The molecule has 0 radical (unpaired) electrons. The number of piperidine rings is 1.